The Kier molecular flexibility index (Phi) is 6.47. The molecule has 0 bridgehead atoms. The average Bonchev–Trinajstić information content (AvgIpc) is 1.69. The Balaban J connectivity index is 2.45. The number of hydrogen-bond donors (Lipinski definition) is 0. The Hall–Kier alpha value is 0.250. The highest BCUT2D eigenvalue weighted by atomic mass is 35.5. The van der Waals surface area contributed by atoms with Crippen LogP contribution in [0, 0.1) is 6.42 Å². The van der Waals surface area contributed by atoms with Crippen LogP contribution in [0.2, 0.25) is 0 Å². The number of hydrogen-bond acceptors (Lipinski definition) is 1. The lowest BCUT2D eigenvalue weighted by Crippen LogP contribution is -1.95. The standard InChI is InChI=1S/C5H10ClO/c1-2-4-7-5-3-6/h2H,3-5H2,1H3. The van der Waals surface area contributed by atoms with E-state index < -0.39 is 0 Å². The Morgan fingerprint density at radius 2 is 2.43 bits per heavy atom. The van der Waals surface area contributed by atoms with E-state index >= 15 is 0 Å². The molecule has 0 aliphatic carbocycles. The fourth-order valence-corrected chi connectivity index (χ4v) is 0.365. The van der Waals surface area contributed by atoms with Crippen molar-refractivity contribution in [3.63, 3.8) is 0 Å². The molecule has 0 spiro atoms. The molecule has 0 amide bonds. The third-order valence-corrected chi connectivity index (χ3v) is 0.660. The Morgan fingerprint density at radius 1 is 1.71 bits per heavy atom. The van der Waals surface area contributed by atoms with Gasteiger partial charge in [-0.3, -0.25) is 0 Å². The van der Waals surface area contributed by atoms with Crippen molar-refractivity contribution in [3.05, 3.63) is 6.42 Å². The molecule has 0 aliphatic heterocycles. The van der Waals surface area contributed by atoms with Gasteiger partial charge in [0.15, 0.2) is 0 Å². The van der Waals surface area contributed by atoms with Crippen LogP contribution in [0.3, 0.4) is 0 Å². The molecule has 0 saturated carbocycles. The van der Waals surface area contributed by atoms with E-state index in [1.807, 2.05) is 13.3 Å². The first kappa shape index (κ1) is 7.25. The molecule has 0 fully saturated rings. The van der Waals surface area contributed by atoms with Gasteiger partial charge in [-0.05, 0) is 6.42 Å². The van der Waals surface area contributed by atoms with E-state index in [2.05, 4.69) is 0 Å². The third-order valence-electron chi connectivity index (χ3n) is 0.506. The molecule has 0 aromatic carbocycles. The molecule has 43 valence electrons. The molecule has 1 radical (unpaired) electrons. The summed E-state index contributed by atoms with van der Waals surface area (Å²) in [4.78, 5) is 0. The van der Waals surface area contributed by atoms with Crippen molar-refractivity contribution in [2.24, 2.45) is 0 Å². The van der Waals surface area contributed by atoms with Crippen molar-refractivity contribution in [1.82, 2.24) is 0 Å². The normalized spacial score (nSPS) is 9.43. The van der Waals surface area contributed by atoms with Gasteiger partial charge in [-0.1, -0.05) is 6.92 Å². The smallest absolute Gasteiger partial charge is 0.0601 e. The van der Waals surface area contributed by atoms with Crippen LogP contribution in [0.25, 0.3) is 0 Å². The fraction of sp³-hybridized carbons (Fsp3) is 0.800. The van der Waals surface area contributed by atoms with Gasteiger partial charge in [0.1, 0.15) is 0 Å². The van der Waals surface area contributed by atoms with Gasteiger partial charge in [-0.15, -0.1) is 11.6 Å². The number of rotatable bonds is 4. The minimum atomic E-state index is 0.591. The van der Waals surface area contributed by atoms with Crippen LogP contribution in [0.5, 0.6) is 0 Å². The highest BCUT2D eigenvalue weighted by Crippen LogP contribution is 1.79. The molecule has 2 heteroatoms. The molecule has 0 aromatic rings. The van der Waals surface area contributed by atoms with Crippen LogP contribution in [0.4, 0.5) is 0 Å². The monoisotopic (exact) mass is 121 g/mol. The summed E-state index contributed by atoms with van der Waals surface area (Å²) in [6.07, 6.45) is 1.95. The summed E-state index contributed by atoms with van der Waals surface area (Å²) in [5.74, 6) is 0.591. The summed E-state index contributed by atoms with van der Waals surface area (Å²) in [6.45, 7) is 3.33. The predicted octanol–water partition coefficient (Wildman–Crippen LogP) is 1.47. The summed E-state index contributed by atoms with van der Waals surface area (Å²) in [7, 11) is 0. The van der Waals surface area contributed by atoms with E-state index in [0.29, 0.717) is 19.1 Å². The van der Waals surface area contributed by atoms with Gasteiger partial charge in [0.25, 0.3) is 0 Å². The molecule has 0 aliphatic rings. The first-order chi connectivity index (χ1) is 3.41. The summed E-state index contributed by atoms with van der Waals surface area (Å²) in [5.41, 5.74) is 0. The van der Waals surface area contributed by atoms with Gasteiger partial charge in [0, 0.05) is 12.5 Å². The summed E-state index contributed by atoms with van der Waals surface area (Å²) in [6, 6.07) is 0. The van der Waals surface area contributed by atoms with Crippen molar-refractivity contribution >= 4 is 11.6 Å². The second-order valence-electron chi connectivity index (χ2n) is 1.17. The largest absolute Gasteiger partial charge is 0.380 e. The molecule has 0 N–H and O–H groups in total. The van der Waals surface area contributed by atoms with Crippen LogP contribution in [-0.2, 0) is 4.74 Å². The maximum absolute atomic E-state index is 5.30. The number of alkyl halides is 1. The fourth-order valence-electron chi connectivity index (χ4n) is 0.256. The van der Waals surface area contributed by atoms with E-state index in [4.69, 9.17) is 16.3 Å². The van der Waals surface area contributed by atoms with E-state index in [0.717, 1.165) is 0 Å². The number of halogens is 1. The molecule has 1 nitrogen and oxygen atoms in total. The minimum Gasteiger partial charge on any atom is -0.380 e. The van der Waals surface area contributed by atoms with E-state index in [9.17, 15) is 0 Å². The van der Waals surface area contributed by atoms with Gasteiger partial charge in [-0.25, -0.2) is 0 Å². The van der Waals surface area contributed by atoms with Crippen LogP contribution in [-0.4, -0.2) is 19.1 Å². The van der Waals surface area contributed by atoms with Crippen molar-refractivity contribution < 1.29 is 4.74 Å². The lowest BCUT2D eigenvalue weighted by molar-refractivity contribution is 0.171. The third kappa shape index (κ3) is 6.25. The van der Waals surface area contributed by atoms with E-state index in [-0.39, 0.29) is 0 Å². The van der Waals surface area contributed by atoms with Crippen molar-refractivity contribution in [2.75, 3.05) is 19.1 Å². The van der Waals surface area contributed by atoms with Crippen LogP contribution < -0.4 is 0 Å². The van der Waals surface area contributed by atoms with Gasteiger partial charge in [-0.2, -0.15) is 0 Å². The van der Waals surface area contributed by atoms with Crippen molar-refractivity contribution in [3.8, 4) is 0 Å². The van der Waals surface area contributed by atoms with Gasteiger partial charge < -0.3 is 4.74 Å². The molecule has 0 heterocycles. The van der Waals surface area contributed by atoms with E-state index in [1.54, 1.807) is 0 Å². The highest BCUT2D eigenvalue weighted by Gasteiger charge is 1.79. The zero-order valence-electron chi connectivity index (χ0n) is 4.48. The quantitative estimate of drug-likeness (QED) is 0.404. The molecular formula is C5H10ClO. The molecule has 0 aromatic heterocycles. The highest BCUT2D eigenvalue weighted by molar-refractivity contribution is 6.17. The summed E-state index contributed by atoms with van der Waals surface area (Å²) in [5, 5.41) is 0. The Labute approximate surface area is 49.6 Å². The average molecular weight is 122 g/mol. The summed E-state index contributed by atoms with van der Waals surface area (Å²) < 4.78 is 4.94. The van der Waals surface area contributed by atoms with Crippen LogP contribution in [0.1, 0.15) is 6.92 Å². The Bertz CT molecular complexity index is 27.3. The van der Waals surface area contributed by atoms with E-state index in [1.165, 1.54) is 0 Å². The molecule has 0 rings (SSSR count). The molecule has 0 atom stereocenters. The minimum absolute atomic E-state index is 0.591. The van der Waals surface area contributed by atoms with Gasteiger partial charge in [0.05, 0.1) is 6.61 Å². The van der Waals surface area contributed by atoms with Crippen molar-refractivity contribution in [1.29, 1.82) is 0 Å². The lowest BCUT2D eigenvalue weighted by Gasteiger charge is -1.94. The zero-order chi connectivity index (χ0) is 5.54. The maximum Gasteiger partial charge on any atom is 0.0601 e. The maximum atomic E-state index is 5.30. The molecule has 0 unspecified atom stereocenters. The summed E-state index contributed by atoms with van der Waals surface area (Å²) >= 11 is 5.30. The topological polar surface area (TPSA) is 9.23 Å². The second kappa shape index (κ2) is 6.25. The second-order valence-corrected chi connectivity index (χ2v) is 1.55. The van der Waals surface area contributed by atoms with Gasteiger partial charge >= 0.3 is 0 Å². The predicted molar refractivity (Wildman–Crippen MR) is 31.5 cm³/mol. The van der Waals surface area contributed by atoms with Gasteiger partial charge in [0.2, 0.25) is 0 Å². The zero-order valence-corrected chi connectivity index (χ0v) is 5.24. The number of ether oxygens (including phenoxy) is 1. The van der Waals surface area contributed by atoms with Crippen LogP contribution in [0.15, 0.2) is 0 Å². The van der Waals surface area contributed by atoms with Crippen LogP contribution >= 0.6 is 11.6 Å². The van der Waals surface area contributed by atoms with Crippen molar-refractivity contribution in [2.45, 2.75) is 6.92 Å². The lowest BCUT2D eigenvalue weighted by atomic mass is 10.5. The first-order valence-corrected chi connectivity index (χ1v) is 2.86. The molecule has 7 heavy (non-hydrogen) atoms. The molecule has 0 saturated heterocycles. The first-order valence-electron chi connectivity index (χ1n) is 2.33. The Morgan fingerprint density at radius 3 is 2.86 bits per heavy atom. The molecular weight excluding hydrogens is 112 g/mol. The SMILES string of the molecule is C[CH]COCCCl.